The molecule has 0 bridgehead atoms. The molecule has 1 fully saturated rings. The van der Waals surface area contributed by atoms with Gasteiger partial charge in [0, 0.05) is 37.1 Å². The molecule has 0 radical (unpaired) electrons. The third-order valence-electron chi connectivity index (χ3n) is 7.33. The fraction of sp³-hybridized carbons (Fsp3) is 0.312. The lowest BCUT2D eigenvalue weighted by Crippen LogP contribution is -2.48. The predicted molar refractivity (Wildman–Crippen MR) is 157 cm³/mol. The summed E-state index contributed by atoms with van der Waals surface area (Å²) in [4.78, 5) is 39.8. The molecule has 1 aliphatic rings. The lowest BCUT2D eigenvalue weighted by Gasteiger charge is -2.34. The molecule has 0 aliphatic carbocycles. The fourth-order valence-corrected chi connectivity index (χ4v) is 5.10. The second-order valence-electron chi connectivity index (χ2n) is 10.4. The monoisotopic (exact) mass is 537 g/mol. The van der Waals surface area contributed by atoms with Crippen LogP contribution in [0.3, 0.4) is 0 Å². The van der Waals surface area contributed by atoms with Crippen LogP contribution in [0.5, 0.6) is 0 Å². The van der Waals surface area contributed by atoms with E-state index >= 15 is 0 Å². The van der Waals surface area contributed by atoms with Crippen LogP contribution in [-0.2, 0) is 16.1 Å². The van der Waals surface area contributed by atoms with Gasteiger partial charge in [-0.1, -0.05) is 74.5 Å². The van der Waals surface area contributed by atoms with Gasteiger partial charge in [-0.3, -0.25) is 9.69 Å². The van der Waals surface area contributed by atoms with E-state index in [9.17, 15) is 9.59 Å². The summed E-state index contributed by atoms with van der Waals surface area (Å²) in [6, 6.07) is 25.1. The van der Waals surface area contributed by atoms with Crippen LogP contribution in [0.4, 0.5) is 5.82 Å². The van der Waals surface area contributed by atoms with E-state index in [0.29, 0.717) is 31.3 Å². The van der Waals surface area contributed by atoms with Gasteiger partial charge in [-0.05, 0) is 35.2 Å². The van der Waals surface area contributed by atoms with Gasteiger partial charge in [0.05, 0.1) is 19.2 Å². The van der Waals surface area contributed by atoms with Gasteiger partial charge in [-0.2, -0.15) is 0 Å². The quantitative estimate of drug-likeness (QED) is 0.321. The molecule has 8 heteroatoms. The van der Waals surface area contributed by atoms with Crippen molar-refractivity contribution in [1.29, 1.82) is 0 Å². The van der Waals surface area contributed by atoms with E-state index in [1.165, 1.54) is 7.11 Å². The molecule has 1 aromatic heterocycles. The van der Waals surface area contributed by atoms with Crippen molar-refractivity contribution in [2.24, 2.45) is 5.92 Å². The summed E-state index contributed by atoms with van der Waals surface area (Å²) in [5, 5.41) is 4.17. The number of nitrogens with one attached hydrogen (secondary N) is 1. The van der Waals surface area contributed by atoms with Crippen LogP contribution >= 0.6 is 0 Å². The van der Waals surface area contributed by atoms with E-state index in [0.717, 1.165) is 40.7 Å². The molecule has 1 atom stereocenters. The van der Waals surface area contributed by atoms with Crippen LogP contribution < -0.4 is 5.32 Å². The maximum absolute atomic E-state index is 13.5. The summed E-state index contributed by atoms with van der Waals surface area (Å²) in [5.74, 6) is 1.03. The summed E-state index contributed by atoms with van der Waals surface area (Å²) < 4.78 is 5.02. The number of para-hydroxylation sites is 1. The highest BCUT2D eigenvalue weighted by atomic mass is 16.5. The summed E-state index contributed by atoms with van der Waals surface area (Å²) in [5.41, 5.74) is 3.52. The Labute approximate surface area is 235 Å². The Morgan fingerprint density at radius 2 is 1.55 bits per heavy atom. The van der Waals surface area contributed by atoms with Crippen molar-refractivity contribution in [2.75, 3.05) is 38.6 Å². The number of benzene rings is 3. The van der Waals surface area contributed by atoms with Crippen molar-refractivity contribution in [3.05, 3.63) is 90.3 Å². The molecule has 0 spiro atoms. The van der Waals surface area contributed by atoms with Crippen molar-refractivity contribution >= 4 is 28.6 Å². The van der Waals surface area contributed by atoms with E-state index in [1.54, 1.807) is 0 Å². The van der Waals surface area contributed by atoms with Gasteiger partial charge in [-0.15, -0.1) is 0 Å². The first kappa shape index (κ1) is 27.3. The van der Waals surface area contributed by atoms with Gasteiger partial charge in [0.15, 0.2) is 0 Å². The minimum atomic E-state index is -0.524. The number of anilines is 1. The number of rotatable bonds is 8. The zero-order chi connectivity index (χ0) is 28.1. The summed E-state index contributed by atoms with van der Waals surface area (Å²) in [6.45, 7) is 7.17. The van der Waals surface area contributed by atoms with E-state index in [-0.39, 0.29) is 17.8 Å². The molecule has 0 unspecified atom stereocenters. The summed E-state index contributed by atoms with van der Waals surface area (Å²) in [6.07, 6.45) is 0. The zero-order valence-corrected chi connectivity index (χ0v) is 23.2. The number of carbonyl (C=O) groups is 2. The Balaban J connectivity index is 1.30. The Morgan fingerprint density at radius 1 is 0.875 bits per heavy atom. The minimum absolute atomic E-state index is 0.0160. The van der Waals surface area contributed by atoms with Crippen LogP contribution in [0.1, 0.15) is 30.0 Å². The molecular weight excluding hydrogens is 502 g/mol. The van der Waals surface area contributed by atoms with Crippen LogP contribution in [0, 0.1) is 5.92 Å². The van der Waals surface area contributed by atoms with Gasteiger partial charge in [0.2, 0.25) is 0 Å². The first-order valence-corrected chi connectivity index (χ1v) is 13.7. The standard InChI is InChI=1S/C32H35N5O3/c1-22(2)29(32(39)40-3)35-30-26-15-9-10-16-27(26)33-28(34-30)21-36-17-19-37(20-18-36)31(38)25-14-8-7-13-24(25)23-11-5-4-6-12-23/h4-16,22,29H,17-21H2,1-3H3,(H,33,34,35)/t29-/m0/s1. The van der Waals surface area contributed by atoms with Gasteiger partial charge in [0.25, 0.3) is 5.91 Å². The fourth-order valence-electron chi connectivity index (χ4n) is 5.10. The smallest absolute Gasteiger partial charge is 0.328 e. The molecule has 1 aliphatic heterocycles. The molecule has 1 amide bonds. The van der Waals surface area contributed by atoms with Gasteiger partial charge in [0.1, 0.15) is 17.7 Å². The van der Waals surface area contributed by atoms with E-state index in [4.69, 9.17) is 14.7 Å². The third-order valence-corrected chi connectivity index (χ3v) is 7.33. The van der Waals surface area contributed by atoms with Gasteiger partial charge in [-0.25, -0.2) is 14.8 Å². The number of fused-ring (bicyclic) bond motifs is 1. The number of ether oxygens (including phenoxy) is 1. The lowest BCUT2D eigenvalue weighted by molar-refractivity contribution is -0.142. The van der Waals surface area contributed by atoms with Crippen LogP contribution in [0.25, 0.3) is 22.0 Å². The molecule has 5 rings (SSSR count). The zero-order valence-electron chi connectivity index (χ0n) is 23.2. The number of hydrogen-bond acceptors (Lipinski definition) is 7. The topological polar surface area (TPSA) is 87.7 Å². The van der Waals surface area contributed by atoms with Crippen molar-refractivity contribution in [3.63, 3.8) is 0 Å². The average molecular weight is 538 g/mol. The van der Waals surface area contributed by atoms with E-state index in [2.05, 4.69) is 10.2 Å². The summed E-state index contributed by atoms with van der Waals surface area (Å²) >= 11 is 0. The van der Waals surface area contributed by atoms with Gasteiger partial charge >= 0.3 is 5.97 Å². The minimum Gasteiger partial charge on any atom is -0.467 e. The normalized spacial score (nSPS) is 14.8. The summed E-state index contributed by atoms with van der Waals surface area (Å²) in [7, 11) is 1.40. The molecule has 1 N–H and O–H groups in total. The largest absolute Gasteiger partial charge is 0.467 e. The van der Waals surface area contributed by atoms with Crippen LogP contribution in [0.15, 0.2) is 78.9 Å². The second-order valence-corrected chi connectivity index (χ2v) is 10.4. The molecule has 3 aromatic carbocycles. The Bertz CT molecular complexity index is 1480. The maximum atomic E-state index is 13.5. The highest BCUT2D eigenvalue weighted by molar-refractivity contribution is 6.01. The maximum Gasteiger partial charge on any atom is 0.328 e. The Morgan fingerprint density at radius 3 is 2.27 bits per heavy atom. The Kier molecular flexibility index (Phi) is 8.36. The number of esters is 1. The highest BCUT2D eigenvalue weighted by Crippen LogP contribution is 2.26. The molecule has 1 saturated heterocycles. The first-order chi connectivity index (χ1) is 19.4. The third kappa shape index (κ3) is 5.97. The molecule has 40 heavy (non-hydrogen) atoms. The van der Waals surface area contributed by atoms with Crippen LogP contribution in [0.2, 0.25) is 0 Å². The first-order valence-electron chi connectivity index (χ1n) is 13.7. The van der Waals surface area contributed by atoms with E-state index in [1.807, 2.05) is 97.6 Å². The van der Waals surface area contributed by atoms with Crippen molar-refractivity contribution < 1.29 is 14.3 Å². The molecular formula is C32H35N5O3. The number of nitrogens with zero attached hydrogens (tertiary/aromatic N) is 4. The molecule has 2 heterocycles. The number of carbonyl (C=O) groups excluding carboxylic acids is 2. The van der Waals surface area contributed by atoms with Gasteiger partial charge < -0.3 is 15.0 Å². The second kappa shape index (κ2) is 12.3. The van der Waals surface area contributed by atoms with Crippen molar-refractivity contribution in [2.45, 2.75) is 26.4 Å². The van der Waals surface area contributed by atoms with Crippen molar-refractivity contribution in [3.8, 4) is 11.1 Å². The number of hydrogen-bond donors (Lipinski definition) is 1. The average Bonchev–Trinajstić information content (AvgIpc) is 2.99. The number of methoxy groups -OCH3 is 1. The SMILES string of the molecule is COC(=O)[C@@H](Nc1nc(CN2CCN(C(=O)c3ccccc3-c3ccccc3)CC2)nc2ccccc12)C(C)C. The molecule has 8 nitrogen and oxygen atoms in total. The highest BCUT2D eigenvalue weighted by Gasteiger charge is 2.26. The molecule has 0 saturated carbocycles. The van der Waals surface area contributed by atoms with E-state index < -0.39 is 6.04 Å². The van der Waals surface area contributed by atoms with Crippen LogP contribution in [-0.4, -0.2) is 71.0 Å². The molecule has 206 valence electrons. The molecule has 4 aromatic rings. The number of aromatic nitrogens is 2. The predicted octanol–water partition coefficient (Wildman–Crippen LogP) is 4.86. The number of piperazine rings is 1. The lowest BCUT2D eigenvalue weighted by atomic mass is 9.98. The Hall–Kier alpha value is -4.30. The number of amides is 1. The van der Waals surface area contributed by atoms with Crippen molar-refractivity contribution in [1.82, 2.24) is 19.8 Å².